The van der Waals surface area contributed by atoms with E-state index in [0.717, 1.165) is 0 Å². The van der Waals surface area contributed by atoms with Crippen LogP contribution in [0.15, 0.2) is 60.5 Å². The van der Waals surface area contributed by atoms with E-state index in [1.807, 2.05) is 0 Å². The summed E-state index contributed by atoms with van der Waals surface area (Å²) < 4.78 is 54.6. The third-order valence-electron chi connectivity index (χ3n) is 4.14. The Bertz CT molecular complexity index is 1000. The monoisotopic (exact) mass is 468 g/mol. The summed E-state index contributed by atoms with van der Waals surface area (Å²) in [6, 6.07) is 7.47. The molecule has 2 aromatic rings. The van der Waals surface area contributed by atoms with Crippen molar-refractivity contribution in [2.45, 2.75) is 17.1 Å². The highest BCUT2D eigenvalue weighted by Gasteiger charge is 2.21. The summed E-state index contributed by atoms with van der Waals surface area (Å²) in [5.74, 6) is 0.334. The Balaban J connectivity index is 2.19. The number of rotatable bonds is 15. The lowest BCUT2D eigenvalue weighted by Gasteiger charge is -2.17. The van der Waals surface area contributed by atoms with E-state index in [2.05, 4.69) is 13.2 Å². The summed E-state index contributed by atoms with van der Waals surface area (Å²) in [6.07, 6.45) is 1.25. The number of hydrogen-bond acceptors (Lipinski definition) is 8. The van der Waals surface area contributed by atoms with Crippen LogP contribution >= 0.6 is 0 Å². The molecule has 176 valence electrons. The molecule has 0 spiro atoms. The van der Waals surface area contributed by atoms with Gasteiger partial charge in [0.15, 0.2) is 0 Å². The zero-order valence-electron chi connectivity index (χ0n) is 17.6. The van der Waals surface area contributed by atoms with Crippen molar-refractivity contribution < 1.29 is 42.1 Å². The highest BCUT2D eigenvalue weighted by atomic mass is 32.2. The van der Waals surface area contributed by atoms with Crippen molar-refractivity contribution in [2.75, 3.05) is 39.6 Å². The second kappa shape index (κ2) is 12.5. The average Bonchev–Trinajstić information content (AvgIpc) is 2.75. The maximum Gasteiger partial charge on any atom is 0.298 e. The summed E-state index contributed by atoms with van der Waals surface area (Å²) in [4.78, 5) is -0.423. The summed E-state index contributed by atoms with van der Waals surface area (Å²) in [5.41, 5.74) is 0. The minimum Gasteiger partial charge on any atom is -0.491 e. The Morgan fingerprint density at radius 2 is 1.47 bits per heavy atom. The first kappa shape index (κ1) is 25.8. The van der Waals surface area contributed by atoms with Crippen LogP contribution in [0.5, 0.6) is 11.5 Å². The van der Waals surface area contributed by atoms with E-state index in [1.54, 1.807) is 24.3 Å². The van der Waals surface area contributed by atoms with Crippen LogP contribution in [0.4, 0.5) is 0 Å². The molecule has 0 saturated carbocycles. The van der Waals surface area contributed by atoms with Gasteiger partial charge < -0.3 is 29.2 Å². The van der Waals surface area contributed by atoms with Gasteiger partial charge in [0.05, 0.1) is 26.4 Å². The van der Waals surface area contributed by atoms with Gasteiger partial charge >= 0.3 is 0 Å². The van der Waals surface area contributed by atoms with Crippen molar-refractivity contribution in [3.63, 3.8) is 0 Å². The third kappa shape index (κ3) is 7.90. The van der Waals surface area contributed by atoms with Crippen LogP contribution in [0.1, 0.15) is 0 Å². The summed E-state index contributed by atoms with van der Waals surface area (Å²) in [7, 11) is -4.57. The molecule has 32 heavy (non-hydrogen) atoms. The first-order chi connectivity index (χ1) is 15.3. The summed E-state index contributed by atoms with van der Waals surface area (Å²) in [5, 5.41) is 20.8. The number of fused-ring (bicyclic) bond motifs is 1. The summed E-state index contributed by atoms with van der Waals surface area (Å²) in [6.45, 7) is 7.39. The van der Waals surface area contributed by atoms with Crippen molar-refractivity contribution >= 4 is 20.9 Å². The van der Waals surface area contributed by atoms with Crippen LogP contribution in [-0.2, 0) is 19.6 Å². The van der Waals surface area contributed by atoms with Crippen LogP contribution in [-0.4, -0.2) is 75.0 Å². The largest absolute Gasteiger partial charge is 0.491 e. The molecule has 0 bridgehead atoms. The Kier molecular flexibility index (Phi) is 10.1. The van der Waals surface area contributed by atoms with Gasteiger partial charge in [-0.25, -0.2) is 0 Å². The molecule has 3 N–H and O–H groups in total. The van der Waals surface area contributed by atoms with Crippen LogP contribution in [0.25, 0.3) is 10.8 Å². The minimum absolute atomic E-state index is 0.00793. The van der Waals surface area contributed by atoms with Gasteiger partial charge in [-0.2, -0.15) is 8.42 Å². The smallest absolute Gasteiger partial charge is 0.298 e. The second-order valence-corrected chi connectivity index (χ2v) is 8.22. The Labute approximate surface area is 187 Å². The van der Waals surface area contributed by atoms with Crippen LogP contribution in [0.3, 0.4) is 0 Å². The van der Waals surface area contributed by atoms with E-state index in [-0.39, 0.29) is 38.8 Å². The lowest BCUT2D eigenvalue weighted by Crippen LogP contribution is -2.24. The number of hydrogen-bond donors (Lipinski definition) is 3. The SMILES string of the molecule is C=CCOCC(O)COc1ccc2c(OCC(O)COCC=C)c(S(=O)(=O)O)ccc2c1. The molecule has 9 nitrogen and oxygen atoms in total. The van der Waals surface area contributed by atoms with Crippen LogP contribution in [0.2, 0.25) is 0 Å². The summed E-state index contributed by atoms with van der Waals surface area (Å²) >= 11 is 0. The van der Waals surface area contributed by atoms with Gasteiger partial charge in [-0.15, -0.1) is 13.2 Å². The molecular weight excluding hydrogens is 440 g/mol. The van der Waals surface area contributed by atoms with Crippen molar-refractivity contribution in [3.8, 4) is 11.5 Å². The zero-order valence-corrected chi connectivity index (χ0v) is 18.4. The molecule has 10 heteroatoms. The number of benzene rings is 2. The quantitative estimate of drug-likeness (QED) is 0.204. The minimum atomic E-state index is -4.57. The fourth-order valence-electron chi connectivity index (χ4n) is 2.74. The van der Waals surface area contributed by atoms with Crippen LogP contribution in [0, 0.1) is 0 Å². The van der Waals surface area contributed by atoms with Crippen LogP contribution < -0.4 is 9.47 Å². The molecule has 0 saturated heterocycles. The van der Waals surface area contributed by atoms with E-state index >= 15 is 0 Å². The molecule has 0 aliphatic heterocycles. The van der Waals surface area contributed by atoms with Gasteiger partial charge in [0.2, 0.25) is 0 Å². The van der Waals surface area contributed by atoms with E-state index < -0.39 is 27.2 Å². The van der Waals surface area contributed by atoms with Gasteiger partial charge in [0.25, 0.3) is 10.1 Å². The predicted octanol–water partition coefficient (Wildman–Crippen LogP) is 1.97. The van der Waals surface area contributed by atoms with Gasteiger partial charge in [-0.05, 0) is 29.7 Å². The van der Waals surface area contributed by atoms with E-state index in [4.69, 9.17) is 18.9 Å². The highest BCUT2D eigenvalue weighted by molar-refractivity contribution is 7.86. The maximum atomic E-state index is 11.8. The number of aliphatic hydroxyl groups is 2. The molecule has 0 amide bonds. The van der Waals surface area contributed by atoms with Crippen molar-refractivity contribution in [2.24, 2.45) is 0 Å². The van der Waals surface area contributed by atoms with Gasteiger partial charge in [0, 0.05) is 5.39 Å². The molecular formula is C22H28O9S. The molecule has 2 rings (SSSR count). The van der Waals surface area contributed by atoms with E-state index in [0.29, 0.717) is 23.1 Å². The van der Waals surface area contributed by atoms with Gasteiger partial charge in [-0.1, -0.05) is 18.2 Å². The lowest BCUT2D eigenvalue weighted by molar-refractivity contribution is 0.0210. The van der Waals surface area contributed by atoms with E-state index in [9.17, 15) is 23.2 Å². The van der Waals surface area contributed by atoms with Gasteiger partial charge in [-0.3, -0.25) is 4.55 Å². The first-order valence-electron chi connectivity index (χ1n) is 9.79. The molecule has 0 heterocycles. The lowest BCUT2D eigenvalue weighted by atomic mass is 10.1. The predicted molar refractivity (Wildman–Crippen MR) is 119 cm³/mol. The second-order valence-electron chi connectivity index (χ2n) is 6.83. The van der Waals surface area contributed by atoms with Crippen molar-refractivity contribution in [1.29, 1.82) is 0 Å². The fourth-order valence-corrected chi connectivity index (χ4v) is 3.39. The Morgan fingerprint density at radius 1 is 0.875 bits per heavy atom. The standard InChI is InChI=1S/C22H28O9S/c1-3-9-28-12-17(23)14-30-19-6-7-20-16(11-19)5-8-21(32(25,26)27)22(20)31-15-18(24)13-29-10-4-2/h3-8,11,17-18,23-24H,1-2,9-10,12-15H2,(H,25,26,27). The van der Waals surface area contributed by atoms with Crippen molar-refractivity contribution in [3.05, 3.63) is 55.6 Å². The maximum absolute atomic E-state index is 11.8. The number of ether oxygens (including phenoxy) is 4. The molecule has 0 aliphatic carbocycles. The number of aliphatic hydroxyl groups excluding tert-OH is 2. The van der Waals surface area contributed by atoms with Crippen molar-refractivity contribution in [1.82, 2.24) is 0 Å². The highest BCUT2D eigenvalue weighted by Crippen LogP contribution is 2.35. The van der Waals surface area contributed by atoms with E-state index in [1.165, 1.54) is 18.2 Å². The van der Waals surface area contributed by atoms with Gasteiger partial charge in [0.1, 0.15) is 41.8 Å². The third-order valence-corrected chi connectivity index (χ3v) is 5.02. The molecule has 0 aromatic heterocycles. The molecule has 0 aliphatic rings. The normalized spacial score (nSPS) is 13.5. The zero-order chi connectivity index (χ0) is 23.6. The molecule has 2 atom stereocenters. The fraction of sp³-hybridized carbons (Fsp3) is 0.364. The Hall–Kier alpha value is -2.47. The molecule has 2 aromatic carbocycles. The average molecular weight is 469 g/mol. The molecule has 0 fully saturated rings. The Morgan fingerprint density at radius 3 is 2.03 bits per heavy atom. The topological polar surface area (TPSA) is 132 Å². The molecule has 0 radical (unpaired) electrons. The first-order valence-corrected chi connectivity index (χ1v) is 11.2. The molecule has 2 unspecified atom stereocenters.